The molecule has 2 aromatic rings. The van der Waals surface area contributed by atoms with Gasteiger partial charge in [0.05, 0.1) is 17.9 Å². The maximum atomic E-state index is 12.0. The van der Waals surface area contributed by atoms with Crippen molar-refractivity contribution in [3.8, 4) is 0 Å². The molecule has 0 aliphatic carbocycles. The van der Waals surface area contributed by atoms with E-state index in [2.05, 4.69) is 16.5 Å². The number of hydrogen-bond acceptors (Lipinski definition) is 4. The van der Waals surface area contributed by atoms with Gasteiger partial charge in [0.15, 0.2) is 0 Å². The van der Waals surface area contributed by atoms with E-state index < -0.39 is 0 Å². The third-order valence-corrected chi connectivity index (χ3v) is 3.75. The summed E-state index contributed by atoms with van der Waals surface area (Å²) in [5, 5.41) is 0. The molecule has 0 amide bonds. The summed E-state index contributed by atoms with van der Waals surface area (Å²) in [5.41, 5.74) is 1.77. The summed E-state index contributed by atoms with van der Waals surface area (Å²) in [7, 11) is 3.90. The van der Waals surface area contributed by atoms with Crippen molar-refractivity contribution in [3.05, 3.63) is 54.1 Å². The molecule has 23 heavy (non-hydrogen) atoms. The van der Waals surface area contributed by atoms with Crippen LogP contribution in [0.2, 0.25) is 0 Å². The second kappa shape index (κ2) is 8.48. The highest BCUT2D eigenvalue weighted by Gasteiger charge is 2.14. The number of carbonyl (C=O) groups excluding carboxylic acids is 1. The second-order valence-corrected chi connectivity index (χ2v) is 5.88. The molecule has 0 N–H and O–H groups in total. The van der Waals surface area contributed by atoms with E-state index in [1.54, 1.807) is 6.20 Å². The van der Waals surface area contributed by atoms with Gasteiger partial charge in [-0.3, -0.25) is 0 Å². The molecule has 0 bridgehead atoms. The number of carbonyl (C=O) groups is 1. The summed E-state index contributed by atoms with van der Waals surface area (Å²) in [5.74, 6) is -0.270. The number of imidazole rings is 1. The Morgan fingerprint density at radius 1 is 1.30 bits per heavy atom. The van der Waals surface area contributed by atoms with E-state index in [1.165, 1.54) is 5.56 Å². The Balaban J connectivity index is 2.04. The monoisotopic (exact) mass is 315 g/mol. The molecule has 0 saturated carbocycles. The van der Waals surface area contributed by atoms with Crippen LogP contribution in [0.4, 0.5) is 0 Å². The van der Waals surface area contributed by atoms with Crippen molar-refractivity contribution >= 4 is 5.97 Å². The van der Waals surface area contributed by atoms with Crippen molar-refractivity contribution in [2.75, 3.05) is 27.2 Å². The first-order valence-electron chi connectivity index (χ1n) is 8.01. The van der Waals surface area contributed by atoms with Crippen LogP contribution in [0.1, 0.15) is 41.7 Å². The molecule has 1 unspecified atom stereocenters. The number of rotatable bonds is 8. The molecule has 0 saturated heterocycles. The number of likely N-dealkylation sites (N-methyl/N-ethyl adjacent to an activating group) is 1. The molecule has 124 valence electrons. The molecule has 2 rings (SSSR count). The van der Waals surface area contributed by atoms with Crippen LogP contribution in [0.15, 0.2) is 43.0 Å². The highest BCUT2D eigenvalue weighted by Crippen LogP contribution is 2.23. The lowest BCUT2D eigenvalue weighted by molar-refractivity contribution is 0.0482. The minimum atomic E-state index is -0.270. The van der Waals surface area contributed by atoms with Gasteiger partial charge in [-0.05, 0) is 38.2 Å². The van der Waals surface area contributed by atoms with Gasteiger partial charge in [0.1, 0.15) is 6.61 Å². The molecule has 5 heteroatoms. The maximum absolute atomic E-state index is 12.0. The Hall–Kier alpha value is -2.14. The minimum absolute atomic E-state index is 0.251. The first-order chi connectivity index (χ1) is 11.1. The van der Waals surface area contributed by atoms with Gasteiger partial charge < -0.3 is 14.2 Å². The maximum Gasteiger partial charge on any atom is 0.338 e. The van der Waals surface area contributed by atoms with Crippen LogP contribution < -0.4 is 0 Å². The number of nitrogens with zero attached hydrogens (tertiary/aromatic N) is 3. The minimum Gasteiger partial charge on any atom is -0.461 e. The van der Waals surface area contributed by atoms with Crippen LogP contribution in [0.25, 0.3) is 0 Å². The predicted molar refractivity (Wildman–Crippen MR) is 90.6 cm³/mol. The second-order valence-electron chi connectivity index (χ2n) is 5.88. The van der Waals surface area contributed by atoms with Crippen molar-refractivity contribution < 1.29 is 9.53 Å². The lowest BCUT2D eigenvalue weighted by Crippen LogP contribution is -2.20. The van der Waals surface area contributed by atoms with Gasteiger partial charge in [0.2, 0.25) is 0 Å². The lowest BCUT2D eigenvalue weighted by Gasteiger charge is -2.18. The molecule has 0 aliphatic heterocycles. The molecular formula is C18H25N3O2. The quantitative estimate of drug-likeness (QED) is 0.703. The fraction of sp³-hybridized carbons (Fsp3) is 0.444. The number of hydrogen-bond donors (Lipinski definition) is 0. The van der Waals surface area contributed by atoms with Gasteiger partial charge in [0.25, 0.3) is 0 Å². The summed E-state index contributed by atoms with van der Waals surface area (Å²) in [6.45, 7) is 3.30. The van der Waals surface area contributed by atoms with E-state index in [9.17, 15) is 4.79 Å². The van der Waals surface area contributed by atoms with Crippen LogP contribution in [0.5, 0.6) is 0 Å². The molecular weight excluding hydrogens is 290 g/mol. The fourth-order valence-electron chi connectivity index (χ4n) is 2.46. The van der Waals surface area contributed by atoms with E-state index in [1.807, 2.05) is 55.8 Å². The van der Waals surface area contributed by atoms with Crippen LogP contribution in [0, 0.1) is 0 Å². The Labute approximate surface area is 137 Å². The molecule has 5 nitrogen and oxygen atoms in total. The molecule has 0 spiro atoms. The lowest BCUT2D eigenvalue weighted by atomic mass is 10.0. The van der Waals surface area contributed by atoms with Gasteiger partial charge in [0, 0.05) is 18.9 Å². The van der Waals surface area contributed by atoms with Gasteiger partial charge in [-0.15, -0.1) is 0 Å². The third-order valence-electron chi connectivity index (χ3n) is 3.75. The van der Waals surface area contributed by atoms with Gasteiger partial charge in [-0.1, -0.05) is 25.5 Å². The number of aromatic nitrogens is 2. The predicted octanol–water partition coefficient (Wildman–Crippen LogP) is 2.99. The topological polar surface area (TPSA) is 47.4 Å². The summed E-state index contributed by atoms with van der Waals surface area (Å²) in [6, 6.07) is 7.94. The zero-order valence-electron chi connectivity index (χ0n) is 14.1. The van der Waals surface area contributed by atoms with Crippen LogP contribution in [-0.4, -0.2) is 47.7 Å². The van der Waals surface area contributed by atoms with Crippen molar-refractivity contribution in [2.45, 2.75) is 25.8 Å². The highest BCUT2D eigenvalue weighted by molar-refractivity contribution is 5.89. The highest BCUT2D eigenvalue weighted by atomic mass is 16.5. The SMILES string of the molecule is CCCC(c1ccc(C(=O)OCCN(C)C)cc1)n1ccnc1. The smallest absolute Gasteiger partial charge is 0.338 e. The number of esters is 1. The first-order valence-corrected chi connectivity index (χ1v) is 8.01. The standard InChI is InChI=1S/C18H25N3O2/c1-4-5-17(21-11-10-19-14-21)15-6-8-16(9-7-15)18(22)23-13-12-20(2)3/h6-11,14,17H,4-5,12-13H2,1-3H3. The van der Waals surface area contributed by atoms with Crippen LogP contribution >= 0.6 is 0 Å². The van der Waals surface area contributed by atoms with Crippen molar-refractivity contribution in [3.63, 3.8) is 0 Å². The van der Waals surface area contributed by atoms with E-state index >= 15 is 0 Å². The Morgan fingerprint density at radius 3 is 2.61 bits per heavy atom. The molecule has 0 fully saturated rings. The van der Waals surface area contributed by atoms with Crippen LogP contribution in [0.3, 0.4) is 0 Å². The van der Waals surface area contributed by atoms with E-state index in [-0.39, 0.29) is 12.0 Å². The Bertz CT molecular complexity index is 591. The molecule has 1 aromatic carbocycles. The number of benzene rings is 1. The van der Waals surface area contributed by atoms with E-state index in [4.69, 9.17) is 4.74 Å². The van der Waals surface area contributed by atoms with E-state index in [0.29, 0.717) is 12.2 Å². The van der Waals surface area contributed by atoms with Crippen molar-refractivity contribution in [2.24, 2.45) is 0 Å². The largest absolute Gasteiger partial charge is 0.461 e. The zero-order chi connectivity index (χ0) is 16.7. The van der Waals surface area contributed by atoms with Gasteiger partial charge in [-0.25, -0.2) is 9.78 Å². The summed E-state index contributed by atoms with van der Waals surface area (Å²) in [6.07, 6.45) is 7.72. The fourth-order valence-corrected chi connectivity index (χ4v) is 2.46. The van der Waals surface area contributed by atoms with Crippen LogP contribution in [-0.2, 0) is 4.74 Å². The molecule has 1 atom stereocenters. The van der Waals surface area contributed by atoms with Crippen molar-refractivity contribution in [1.29, 1.82) is 0 Å². The average molecular weight is 315 g/mol. The number of ether oxygens (including phenoxy) is 1. The van der Waals surface area contributed by atoms with Gasteiger partial charge >= 0.3 is 5.97 Å². The molecule has 0 aliphatic rings. The Kier molecular flexibility index (Phi) is 6.35. The Morgan fingerprint density at radius 2 is 2.04 bits per heavy atom. The summed E-state index contributed by atoms with van der Waals surface area (Å²) >= 11 is 0. The average Bonchev–Trinajstić information content (AvgIpc) is 3.06. The molecule has 1 heterocycles. The van der Waals surface area contributed by atoms with E-state index in [0.717, 1.165) is 19.4 Å². The van der Waals surface area contributed by atoms with Gasteiger partial charge in [-0.2, -0.15) is 0 Å². The third kappa shape index (κ3) is 4.93. The molecule has 0 radical (unpaired) electrons. The summed E-state index contributed by atoms with van der Waals surface area (Å²) < 4.78 is 7.37. The normalized spacial score (nSPS) is 12.3. The zero-order valence-corrected chi connectivity index (χ0v) is 14.1. The molecule has 1 aromatic heterocycles. The first kappa shape index (κ1) is 17.2. The summed E-state index contributed by atoms with van der Waals surface area (Å²) in [4.78, 5) is 18.1. The van der Waals surface area contributed by atoms with Crippen molar-refractivity contribution in [1.82, 2.24) is 14.5 Å².